The Morgan fingerprint density at radius 3 is 2.94 bits per heavy atom. The van der Waals surface area contributed by atoms with Crippen molar-refractivity contribution in [3.8, 4) is 0 Å². The highest BCUT2D eigenvalue weighted by Gasteiger charge is 2.13. The van der Waals surface area contributed by atoms with Gasteiger partial charge in [-0.3, -0.25) is 11.3 Å². The first-order chi connectivity index (χ1) is 7.86. The monoisotopic (exact) mass is 234 g/mol. The molecule has 0 amide bonds. The van der Waals surface area contributed by atoms with E-state index >= 15 is 0 Å². The summed E-state index contributed by atoms with van der Waals surface area (Å²) in [6, 6.07) is 8.80. The highest BCUT2D eigenvalue weighted by Crippen LogP contribution is 2.31. The molecular formula is C13H18N2S. The number of unbranched alkanes of at least 4 members (excludes halogenated alkanes) is 1. The second-order valence-corrected chi connectivity index (χ2v) is 4.96. The van der Waals surface area contributed by atoms with Crippen LogP contribution in [0.4, 0.5) is 0 Å². The molecule has 0 radical (unpaired) electrons. The van der Waals surface area contributed by atoms with Gasteiger partial charge in [0.15, 0.2) is 0 Å². The minimum atomic E-state index is 0.288. The summed E-state index contributed by atoms with van der Waals surface area (Å²) >= 11 is 1.80. The molecule has 1 heterocycles. The number of hydrogen-bond acceptors (Lipinski definition) is 3. The van der Waals surface area contributed by atoms with Gasteiger partial charge in [-0.05, 0) is 28.8 Å². The van der Waals surface area contributed by atoms with Crippen molar-refractivity contribution in [3.05, 3.63) is 35.2 Å². The molecule has 1 aromatic carbocycles. The first-order valence-electron chi connectivity index (χ1n) is 5.79. The SMILES string of the molecule is CCCCC(NN)c1csc2ccccc12. The van der Waals surface area contributed by atoms with Gasteiger partial charge in [-0.25, -0.2) is 0 Å². The summed E-state index contributed by atoms with van der Waals surface area (Å²) in [5.41, 5.74) is 4.28. The summed E-state index contributed by atoms with van der Waals surface area (Å²) in [7, 11) is 0. The lowest BCUT2D eigenvalue weighted by Crippen LogP contribution is -2.27. The molecule has 0 fully saturated rings. The largest absolute Gasteiger partial charge is 0.271 e. The van der Waals surface area contributed by atoms with Gasteiger partial charge < -0.3 is 0 Å². The molecule has 0 aliphatic rings. The molecule has 0 bridgehead atoms. The topological polar surface area (TPSA) is 38.0 Å². The molecule has 2 rings (SSSR count). The minimum absolute atomic E-state index is 0.288. The number of rotatable bonds is 5. The van der Waals surface area contributed by atoms with Crippen LogP contribution >= 0.6 is 11.3 Å². The van der Waals surface area contributed by atoms with Gasteiger partial charge >= 0.3 is 0 Å². The second kappa shape index (κ2) is 5.43. The zero-order valence-corrected chi connectivity index (χ0v) is 10.4. The lowest BCUT2D eigenvalue weighted by molar-refractivity contribution is 0.499. The van der Waals surface area contributed by atoms with Gasteiger partial charge in [-0.2, -0.15) is 0 Å². The molecule has 86 valence electrons. The van der Waals surface area contributed by atoms with Crippen LogP contribution in [0, 0.1) is 0 Å². The zero-order valence-electron chi connectivity index (χ0n) is 9.57. The molecule has 1 unspecified atom stereocenters. The predicted octanol–water partition coefficient (Wildman–Crippen LogP) is 3.60. The molecular weight excluding hydrogens is 216 g/mol. The average molecular weight is 234 g/mol. The normalized spacial score (nSPS) is 13.1. The summed E-state index contributed by atoms with van der Waals surface area (Å²) < 4.78 is 1.34. The van der Waals surface area contributed by atoms with Crippen LogP contribution in [0.15, 0.2) is 29.6 Å². The van der Waals surface area contributed by atoms with Crippen molar-refractivity contribution in [3.63, 3.8) is 0 Å². The molecule has 0 aliphatic carbocycles. The van der Waals surface area contributed by atoms with E-state index in [1.165, 1.54) is 28.5 Å². The standard InChI is InChI=1S/C13H18N2S/c1-2-3-7-12(15-14)11-9-16-13-8-5-4-6-10(11)13/h4-6,8-9,12,15H,2-3,7,14H2,1H3. The summed E-state index contributed by atoms with van der Waals surface area (Å²) in [5.74, 6) is 5.65. The van der Waals surface area contributed by atoms with Crippen LogP contribution in [0.2, 0.25) is 0 Å². The quantitative estimate of drug-likeness (QED) is 0.613. The molecule has 1 aromatic heterocycles. The van der Waals surface area contributed by atoms with Crippen molar-refractivity contribution in [1.82, 2.24) is 5.43 Å². The van der Waals surface area contributed by atoms with E-state index in [4.69, 9.17) is 5.84 Å². The van der Waals surface area contributed by atoms with E-state index in [1.807, 2.05) is 0 Å². The van der Waals surface area contributed by atoms with E-state index in [9.17, 15) is 0 Å². The number of hydrogen-bond donors (Lipinski definition) is 2. The number of hydrazine groups is 1. The third kappa shape index (κ3) is 2.26. The van der Waals surface area contributed by atoms with E-state index in [0.29, 0.717) is 0 Å². The van der Waals surface area contributed by atoms with Gasteiger partial charge in [-0.1, -0.05) is 38.0 Å². The van der Waals surface area contributed by atoms with Gasteiger partial charge in [0.05, 0.1) is 0 Å². The van der Waals surface area contributed by atoms with E-state index < -0.39 is 0 Å². The Kier molecular flexibility index (Phi) is 3.93. The van der Waals surface area contributed by atoms with Crippen LogP contribution < -0.4 is 11.3 Å². The van der Waals surface area contributed by atoms with Crippen molar-refractivity contribution in [2.24, 2.45) is 5.84 Å². The minimum Gasteiger partial charge on any atom is -0.271 e. The summed E-state index contributed by atoms with van der Waals surface area (Å²) in [5, 5.41) is 3.57. The number of nitrogens with two attached hydrogens (primary N) is 1. The fraction of sp³-hybridized carbons (Fsp3) is 0.385. The number of thiophene rings is 1. The lowest BCUT2D eigenvalue weighted by atomic mass is 10.0. The van der Waals surface area contributed by atoms with Crippen LogP contribution in [0.3, 0.4) is 0 Å². The smallest absolute Gasteiger partial charge is 0.0474 e. The van der Waals surface area contributed by atoms with Gasteiger partial charge in [0, 0.05) is 10.7 Å². The van der Waals surface area contributed by atoms with Gasteiger partial charge in [0.2, 0.25) is 0 Å². The van der Waals surface area contributed by atoms with E-state index in [-0.39, 0.29) is 6.04 Å². The maximum Gasteiger partial charge on any atom is 0.0474 e. The first-order valence-corrected chi connectivity index (χ1v) is 6.67. The molecule has 2 nitrogen and oxygen atoms in total. The van der Waals surface area contributed by atoms with Crippen molar-refractivity contribution >= 4 is 21.4 Å². The van der Waals surface area contributed by atoms with Crippen LogP contribution in [-0.2, 0) is 0 Å². The van der Waals surface area contributed by atoms with E-state index in [0.717, 1.165) is 6.42 Å². The average Bonchev–Trinajstić information content (AvgIpc) is 2.75. The molecule has 0 saturated heterocycles. The maximum absolute atomic E-state index is 5.65. The number of benzene rings is 1. The Morgan fingerprint density at radius 1 is 1.38 bits per heavy atom. The number of nitrogens with one attached hydrogen (secondary N) is 1. The summed E-state index contributed by atoms with van der Waals surface area (Å²) in [4.78, 5) is 0. The Labute approximate surface area is 100 Å². The van der Waals surface area contributed by atoms with Crippen molar-refractivity contribution in [2.45, 2.75) is 32.2 Å². The first kappa shape index (κ1) is 11.6. The molecule has 0 spiro atoms. The van der Waals surface area contributed by atoms with E-state index in [1.54, 1.807) is 11.3 Å². The molecule has 1 atom stereocenters. The molecule has 3 N–H and O–H groups in total. The van der Waals surface area contributed by atoms with Gasteiger partial charge in [0.1, 0.15) is 0 Å². The second-order valence-electron chi connectivity index (χ2n) is 4.05. The Bertz CT molecular complexity index is 450. The fourth-order valence-corrected chi connectivity index (χ4v) is 3.02. The van der Waals surface area contributed by atoms with Crippen molar-refractivity contribution < 1.29 is 0 Å². The van der Waals surface area contributed by atoms with Crippen LogP contribution in [0.25, 0.3) is 10.1 Å². The molecule has 2 aromatic rings. The zero-order chi connectivity index (χ0) is 11.4. The van der Waals surface area contributed by atoms with Crippen LogP contribution in [-0.4, -0.2) is 0 Å². The fourth-order valence-electron chi connectivity index (χ4n) is 2.01. The highest BCUT2D eigenvalue weighted by molar-refractivity contribution is 7.17. The van der Waals surface area contributed by atoms with Crippen LogP contribution in [0.5, 0.6) is 0 Å². The lowest BCUT2D eigenvalue weighted by Gasteiger charge is -2.14. The summed E-state index contributed by atoms with van der Waals surface area (Å²) in [6.07, 6.45) is 3.52. The third-order valence-electron chi connectivity index (χ3n) is 2.93. The van der Waals surface area contributed by atoms with Gasteiger partial charge in [0.25, 0.3) is 0 Å². The van der Waals surface area contributed by atoms with Crippen molar-refractivity contribution in [2.75, 3.05) is 0 Å². The molecule has 3 heteroatoms. The Morgan fingerprint density at radius 2 is 2.19 bits per heavy atom. The third-order valence-corrected chi connectivity index (χ3v) is 3.92. The Balaban J connectivity index is 2.30. The molecule has 0 saturated carbocycles. The van der Waals surface area contributed by atoms with Gasteiger partial charge in [-0.15, -0.1) is 11.3 Å². The highest BCUT2D eigenvalue weighted by atomic mass is 32.1. The van der Waals surface area contributed by atoms with E-state index in [2.05, 4.69) is 42.0 Å². The van der Waals surface area contributed by atoms with Crippen molar-refractivity contribution in [1.29, 1.82) is 0 Å². The predicted molar refractivity (Wildman–Crippen MR) is 71.4 cm³/mol. The van der Waals surface area contributed by atoms with Crippen LogP contribution in [0.1, 0.15) is 37.8 Å². The summed E-state index contributed by atoms with van der Waals surface area (Å²) in [6.45, 7) is 2.21. The molecule has 16 heavy (non-hydrogen) atoms. The number of fused-ring (bicyclic) bond motifs is 1. The Hall–Kier alpha value is -0.900. The molecule has 0 aliphatic heterocycles. The maximum atomic E-state index is 5.65.